The van der Waals surface area contributed by atoms with E-state index in [1.54, 1.807) is 0 Å². The van der Waals surface area contributed by atoms with Gasteiger partial charge in [0.05, 0.1) is 18.2 Å². The summed E-state index contributed by atoms with van der Waals surface area (Å²) in [6, 6.07) is 1.68. The van der Waals surface area contributed by atoms with Crippen molar-refractivity contribution in [3.63, 3.8) is 0 Å². The Morgan fingerprint density at radius 2 is 1.88 bits per heavy atom. The molecule has 178 valence electrons. The largest absolute Gasteiger partial charge is 0.395 e. The molecule has 1 aromatic rings. The second-order valence-electron chi connectivity index (χ2n) is 7.60. The summed E-state index contributed by atoms with van der Waals surface area (Å²) in [6.45, 7) is 0.967. The molecule has 32 heavy (non-hydrogen) atoms. The van der Waals surface area contributed by atoms with Gasteiger partial charge in [0, 0.05) is 25.3 Å². The topological polar surface area (TPSA) is 219 Å². The van der Waals surface area contributed by atoms with Gasteiger partial charge in [0.25, 0.3) is 0 Å². The van der Waals surface area contributed by atoms with E-state index in [0.717, 1.165) is 12.8 Å². The number of nitrogens with two attached hydrogens (primary N) is 3. The number of anilines is 1. The van der Waals surface area contributed by atoms with Crippen LogP contribution in [-0.4, -0.2) is 73.3 Å². The van der Waals surface area contributed by atoms with E-state index in [2.05, 4.69) is 19.9 Å². The number of rotatable bonds is 9. The molecule has 0 bridgehead atoms. The Balaban J connectivity index is 2.21. The van der Waals surface area contributed by atoms with Crippen molar-refractivity contribution >= 4 is 31.6 Å². The van der Waals surface area contributed by atoms with Crippen molar-refractivity contribution in [1.29, 1.82) is 0 Å². The number of primary sulfonamides is 1. The normalized spacial score (nSPS) is 18.8. The molecule has 15 heteroatoms. The minimum absolute atomic E-state index is 0.0108. The number of nitrogens with one attached hydrogen (secondary N) is 1. The number of aliphatic imine (C=N–C) groups is 1. The van der Waals surface area contributed by atoms with Gasteiger partial charge in [-0.15, -0.1) is 5.11 Å². The lowest BCUT2D eigenvalue weighted by atomic mass is 9.96. The Hall–Kier alpha value is -2.01. The Kier molecular flexibility index (Phi) is 7.59. The van der Waals surface area contributed by atoms with Crippen molar-refractivity contribution in [2.45, 2.75) is 28.7 Å². The van der Waals surface area contributed by atoms with Gasteiger partial charge >= 0.3 is 0 Å². The van der Waals surface area contributed by atoms with Crippen LogP contribution < -0.4 is 26.2 Å². The highest BCUT2D eigenvalue weighted by atomic mass is 32.2. The number of hydrogen-bond donors (Lipinski definition) is 5. The highest BCUT2D eigenvalue weighted by Crippen LogP contribution is 2.35. The summed E-state index contributed by atoms with van der Waals surface area (Å²) in [7, 11) is -8.97. The van der Waals surface area contributed by atoms with Crippen LogP contribution in [0.4, 0.5) is 5.69 Å². The first-order valence-electron chi connectivity index (χ1n) is 10.0. The molecular weight excluding hydrogens is 460 g/mol. The smallest absolute Gasteiger partial charge is 0.242 e. The monoisotopic (exact) mass is 488 g/mol. The molecule has 1 fully saturated rings. The summed E-state index contributed by atoms with van der Waals surface area (Å²) in [5.41, 5.74) is 11.7. The average Bonchev–Trinajstić information content (AvgIpc) is 3.30. The number of piperidine rings is 1. The van der Waals surface area contributed by atoms with Crippen LogP contribution in [0, 0.1) is 5.92 Å². The van der Waals surface area contributed by atoms with Crippen molar-refractivity contribution in [2.75, 3.05) is 44.4 Å². The second kappa shape index (κ2) is 9.86. The van der Waals surface area contributed by atoms with Gasteiger partial charge in [-0.2, -0.15) is 5.11 Å². The molecule has 0 aromatic heterocycles. The van der Waals surface area contributed by atoms with E-state index in [1.165, 1.54) is 12.1 Å². The standard InChI is InChI=1S/C17H28N8O5S2/c18-7-11-3-5-25(6-4-11)13-1-2-14(32(29,30)24-12(8-19)9-26)16(31(20,27)28)15(13)17-21-10-22-23-17/h1-2,11-12,24,26H,3-10,18-19H2,(H2,20,27,28)/t12-/m0/s1. The van der Waals surface area contributed by atoms with E-state index < -0.39 is 42.5 Å². The van der Waals surface area contributed by atoms with E-state index in [4.69, 9.17) is 16.6 Å². The van der Waals surface area contributed by atoms with Crippen LogP contribution in [0.3, 0.4) is 0 Å². The molecule has 2 aliphatic heterocycles. The van der Waals surface area contributed by atoms with Crippen LogP contribution in [-0.2, 0) is 20.0 Å². The van der Waals surface area contributed by atoms with Gasteiger partial charge in [-0.05, 0) is 37.4 Å². The van der Waals surface area contributed by atoms with Gasteiger partial charge in [0.1, 0.15) is 9.79 Å². The maximum atomic E-state index is 13.0. The number of hydrogen-bond acceptors (Lipinski definition) is 11. The maximum Gasteiger partial charge on any atom is 0.242 e. The van der Waals surface area contributed by atoms with Gasteiger partial charge < -0.3 is 21.5 Å². The summed E-state index contributed by atoms with van der Waals surface area (Å²) in [5.74, 6) is 0.339. The fourth-order valence-corrected chi connectivity index (χ4v) is 6.57. The molecule has 0 radical (unpaired) electrons. The van der Waals surface area contributed by atoms with Gasteiger partial charge in [-0.25, -0.2) is 31.7 Å². The van der Waals surface area contributed by atoms with Crippen LogP contribution >= 0.6 is 0 Å². The molecule has 2 aliphatic rings. The molecule has 0 unspecified atom stereocenters. The lowest BCUT2D eigenvalue weighted by Crippen LogP contribution is -2.43. The lowest BCUT2D eigenvalue weighted by molar-refractivity contribution is 0.259. The van der Waals surface area contributed by atoms with Gasteiger partial charge in [0.2, 0.25) is 20.0 Å². The van der Waals surface area contributed by atoms with E-state index in [9.17, 15) is 21.9 Å². The second-order valence-corrected chi connectivity index (χ2v) is 10.8. The van der Waals surface area contributed by atoms with Gasteiger partial charge in [-0.1, -0.05) is 0 Å². The Morgan fingerprint density at radius 3 is 2.38 bits per heavy atom. The predicted molar refractivity (Wildman–Crippen MR) is 118 cm³/mol. The molecule has 13 nitrogen and oxygen atoms in total. The van der Waals surface area contributed by atoms with Crippen LogP contribution in [0.5, 0.6) is 0 Å². The third kappa shape index (κ3) is 5.14. The molecule has 0 aliphatic carbocycles. The highest BCUT2D eigenvalue weighted by molar-refractivity contribution is 7.92. The van der Waals surface area contributed by atoms with Crippen LogP contribution in [0.25, 0.3) is 0 Å². The zero-order valence-electron chi connectivity index (χ0n) is 17.4. The summed E-state index contributed by atoms with van der Waals surface area (Å²) in [4.78, 5) is 4.86. The van der Waals surface area contributed by atoms with Crippen molar-refractivity contribution in [1.82, 2.24) is 4.72 Å². The number of sulfonamides is 2. The minimum Gasteiger partial charge on any atom is -0.395 e. The van der Waals surface area contributed by atoms with Crippen LogP contribution in [0.15, 0.2) is 37.1 Å². The third-order valence-corrected chi connectivity index (χ3v) is 8.15. The third-order valence-electron chi connectivity index (χ3n) is 5.46. The van der Waals surface area contributed by atoms with E-state index >= 15 is 0 Å². The molecule has 0 amide bonds. The van der Waals surface area contributed by atoms with Crippen molar-refractivity contribution in [3.8, 4) is 0 Å². The fraction of sp³-hybridized carbons (Fsp3) is 0.588. The summed E-state index contributed by atoms with van der Waals surface area (Å²) < 4.78 is 53.7. The molecule has 1 atom stereocenters. The minimum atomic E-state index is -4.55. The molecule has 1 aromatic carbocycles. The van der Waals surface area contributed by atoms with Gasteiger partial charge in [0.15, 0.2) is 12.5 Å². The number of benzene rings is 1. The van der Waals surface area contributed by atoms with Crippen molar-refractivity contribution < 1.29 is 21.9 Å². The first kappa shape index (κ1) is 24.6. The average molecular weight is 489 g/mol. The molecule has 2 heterocycles. The van der Waals surface area contributed by atoms with E-state index in [-0.39, 0.29) is 24.6 Å². The molecular formula is C17H28N8O5S2. The van der Waals surface area contributed by atoms with Crippen molar-refractivity contribution in [3.05, 3.63) is 17.7 Å². The molecule has 3 rings (SSSR count). The lowest BCUT2D eigenvalue weighted by Gasteiger charge is -2.34. The van der Waals surface area contributed by atoms with E-state index in [0.29, 0.717) is 31.2 Å². The first-order valence-corrected chi connectivity index (χ1v) is 13.1. The number of aliphatic hydroxyl groups excluding tert-OH is 1. The quantitative estimate of drug-likeness (QED) is 0.268. The Bertz CT molecular complexity index is 1110. The molecule has 0 spiro atoms. The van der Waals surface area contributed by atoms with Gasteiger partial charge in [-0.3, -0.25) is 0 Å². The predicted octanol–water partition coefficient (Wildman–Crippen LogP) is -1.72. The summed E-state index contributed by atoms with van der Waals surface area (Å²) in [5, 5.41) is 22.5. The fourth-order valence-electron chi connectivity index (χ4n) is 3.74. The Morgan fingerprint density at radius 1 is 1.19 bits per heavy atom. The highest BCUT2D eigenvalue weighted by Gasteiger charge is 2.35. The van der Waals surface area contributed by atoms with Crippen LogP contribution in [0.1, 0.15) is 18.4 Å². The summed E-state index contributed by atoms with van der Waals surface area (Å²) in [6.07, 6.45) is 1.59. The number of amidine groups is 1. The SMILES string of the molecule is NCC1CCN(c2ccc(S(=O)(=O)N[C@@H](CN)CO)c(S(N)(=O)=O)c2C2=NCN=N2)CC1. The Labute approximate surface area is 186 Å². The van der Waals surface area contributed by atoms with Crippen molar-refractivity contribution in [2.24, 2.45) is 37.7 Å². The first-order chi connectivity index (χ1) is 15.1. The van der Waals surface area contributed by atoms with E-state index in [1.807, 2.05) is 4.90 Å². The maximum absolute atomic E-state index is 13.0. The number of aliphatic hydroxyl groups is 1. The summed E-state index contributed by atoms with van der Waals surface area (Å²) >= 11 is 0. The molecule has 8 N–H and O–H groups in total. The zero-order valence-corrected chi connectivity index (χ0v) is 19.0. The number of azo groups is 1. The number of nitrogens with zero attached hydrogens (tertiary/aromatic N) is 4. The van der Waals surface area contributed by atoms with Crippen LogP contribution in [0.2, 0.25) is 0 Å². The molecule has 1 saturated heterocycles. The molecule has 0 saturated carbocycles. The zero-order chi connectivity index (χ0) is 23.5.